The van der Waals surface area contributed by atoms with Gasteiger partial charge in [0.1, 0.15) is 12.2 Å². The van der Waals surface area contributed by atoms with Crippen molar-refractivity contribution in [3.05, 3.63) is 101 Å². The summed E-state index contributed by atoms with van der Waals surface area (Å²) >= 11 is 1.70. The van der Waals surface area contributed by atoms with Crippen molar-refractivity contribution in [2.45, 2.75) is 19.3 Å². The third-order valence-corrected chi connectivity index (χ3v) is 7.03. The van der Waals surface area contributed by atoms with Gasteiger partial charge in [-0.15, -0.1) is 12.4 Å². The predicted octanol–water partition coefficient (Wildman–Crippen LogP) is 6.30. The Bertz CT molecular complexity index is 1540. The highest BCUT2D eigenvalue weighted by atomic mass is 35.5. The molecule has 0 radical (unpaired) electrons. The van der Waals surface area contributed by atoms with E-state index in [9.17, 15) is 9.59 Å². The summed E-state index contributed by atoms with van der Waals surface area (Å²) in [6, 6.07) is 21.7. The maximum absolute atomic E-state index is 13.1. The lowest BCUT2D eigenvalue weighted by Gasteiger charge is -2.23. The Hall–Kier alpha value is -3.94. The maximum Gasteiger partial charge on any atom is 0.241 e. The number of anilines is 3. The van der Waals surface area contributed by atoms with E-state index in [-0.39, 0.29) is 30.6 Å². The number of aryl methyl sites for hydroxylation is 2. The van der Waals surface area contributed by atoms with Gasteiger partial charge < -0.3 is 9.88 Å². The molecule has 0 aliphatic carbocycles. The number of thiophene rings is 1. The zero-order valence-corrected chi connectivity index (χ0v) is 20.9. The monoisotopic (exact) mass is 514 g/mol. The molecule has 0 fully saturated rings. The topological polar surface area (TPSA) is 67.2 Å². The standard InChI is InChI=1S/C28H22N4O2S.ClH/c33-26-17-27(34)32(24-11-6-20-3-1-2-4-23(20)28(24)30-26)22-9-7-21(8-10-22)31-15-14-29-25(31)12-5-19-13-16-35-18-19;/h1-4,6-11,13-16,18H,5,12,17H2,(H,30,33);1H. The van der Waals surface area contributed by atoms with Crippen LogP contribution < -0.4 is 10.2 Å². The van der Waals surface area contributed by atoms with Crippen LogP contribution in [0.15, 0.2) is 89.9 Å². The molecule has 36 heavy (non-hydrogen) atoms. The highest BCUT2D eigenvalue weighted by molar-refractivity contribution is 7.07. The van der Waals surface area contributed by atoms with E-state index < -0.39 is 0 Å². The van der Waals surface area contributed by atoms with Crippen LogP contribution in [0.1, 0.15) is 17.8 Å². The van der Waals surface area contributed by atoms with Crippen LogP contribution in [-0.4, -0.2) is 21.4 Å². The molecular weight excluding hydrogens is 492 g/mol. The van der Waals surface area contributed by atoms with Crippen LogP contribution in [0.25, 0.3) is 16.5 Å². The van der Waals surface area contributed by atoms with Crippen molar-refractivity contribution < 1.29 is 9.59 Å². The molecule has 1 N–H and O–H groups in total. The number of nitrogens with one attached hydrogen (secondary N) is 1. The normalized spacial score (nSPS) is 13.2. The highest BCUT2D eigenvalue weighted by Crippen LogP contribution is 2.40. The quantitative estimate of drug-likeness (QED) is 0.280. The van der Waals surface area contributed by atoms with E-state index in [0.29, 0.717) is 17.1 Å². The number of fused-ring (bicyclic) bond motifs is 3. The SMILES string of the molecule is Cl.O=C1CC(=O)N(c2ccc(-n3ccnc3CCc3ccsc3)cc2)c2ccc3ccccc3c2N1. The van der Waals surface area contributed by atoms with Crippen LogP contribution in [0.5, 0.6) is 0 Å². The van der Waals surface area contributed by atoms with Gasteiger partial charge in [0.15, 0.2) is 0 Å². The molecule has 3 heterocycles. The van der Waals surface area contributed by atoms with Crippen molar-refractivity contribution in [1.82, 2.24) is 9.55 Å². The summed E-state index contributed by atoms with van der Waals surface area (Å²) < 4.78 is 2.08. The molecule has 6 nitrogen and oxygen atoms in total. The second kappa shape index (κ2) is 9.97. The van der Waals surface area contributed by atoms with Gasteiger partial charge in [-0.1, -0.05) is 30.3 Å². The number of aromatic nitrogens is 2. The van der Waals surface area contributed by atoms with Crippen molar-refractivity contribution in [1.29, 1.82) is 0 Å². The van der Waals surface area contributed by atoms with E-state index in [0.717, 1.165) is 35.1 Å². The largest absolute Gasteiger partial charge is 0.323 e. The minimum Gasteiger partial charge on any atom is -0.323 e. The average Bonchev–Trinajstić information content (AvgIpc) is 3.54. The number of hydrogen-bond acceptors (Lipinski definition) is 4. The second-order valence-electron chi connectivity index (χ2n) is 8.50. The number of amides is 2. The lowest BCUT2D eigenvalue weighted by Crippen LogP contribution is -2.26. The second-order valence-corrected chi connectivity index (χ2v) is 9.28. The van der Waals surface area contributed by atoms with Crippen LogP contribution in [0, 0.1) is 0 Å². The Morgan fingerprint density at radius 1 is 0.917 bits per heavy atom. The van der Waals surface area contributed by atoms with E-state index in [1.165, 1.54) is 5.56 Å². The molecule has 5 aromatic rings. The first-order chi connectivity index (χ1) is 17.2. The summed E-state index contributed by atoms with van der Waals surface area (Å²) in [5.74, 6) is 0.421. The van der Waals surface area contributed by atoms with Crippen LogP contribution in [-0.2, 0) is 22.4 Å². The van der Waals surface area contributed by atoms with Crippen LogP contribution >= 0.6 is 23.7 Å². The van der Waals surface area contributed by atoms with Crippen molar-refractivity contribution >= 4 is 63.4 Å². The van der Waals surface area contributed by atoms with Gasteiger partial charge in [-0.05, 0) is 64.5 Å². The minimum atomic E-state index is -0.305. The lowest BCUT2D eigenvalue weighted by molar-refractivity contribution is -0.124. The lowest BCUT2D eigenvalue weighted by atomic mass is 10.1. The van der Waals surface area contributed by atoms with Crippen LogP contribution in [0.3, 0.4) is 0 Å². The summed E-state index contributed by atoms with van der Waals surface area (Å²) in [7, 11) is 0. The number of hydrogen-bond donors (Lipinski definition) is 1. The third-order valence-electron chi connectivity index (χ3n) is 6.29. The number of benzene rings is 3. The fraction of sp³-hybridized carbons (Fsp3) is 0.107. The summed E-state index contributed by atoms with van der Waals surface area (Å²) in [5.41, 5.74) is 4.34. The van der Waals surface area contributed by atoms with Crippen molar-refractivity contribution in [2.24, 2.45) is 0 Å². The fourth-order valence-electron chi connectivity index (χ4n) is 4.60. The van der Waals surface area contributed by atoms with Crippen molar-refractivity contribution in [2.75, 3.05) is 10.2 Å². The molecule has 0 saturated carbocycles. The van der Waals surface area contributed by atoms with Crippen molar-refractivity contribution in [3.63, 3.8) is 0 Å². The van der Waals surface area contributed by atoms with E-state index in [1.54, 1.807) is 16.2 Å². The van der Waals surface area contributed by atoms with E-state index in [2.05, 4.69) is 31.7 Å². The third kappa shape index (κ3) is 4.39. The molecule has 2 amide bonds. The van der Waals surface area contributed by atoms with Gasteiger partial charge in [0.25, 0.3) is 0 Å². The summed E-state index contributed by atoms with van der Waals surface area (Å²) in [6.45, 7) is 0. The van der Waals surface area contributed by atoms with Gasteiger partial charge in [0, 0.05) is 35.6 Å². The van der Waals surface area contributed by atoms with Gasteiger partial charge in [0.05, 0.1) is 11.4 Å². The smallest absolute Gasteiger partial charge is 0.241 e. The molecule has 0 bridgehead atoms. The molecular formula is C28H23ClN4O2S. The predicted molar refractivity (Wildman–Crippen MR) is 147 cm³/mol. The van der Waals surface area contributed by atoms with Crippen LogP contribution in [0.2, 0.25) is 0 Å². The van der Waals surface area contributed by atoms with Gasteiger partial charge in [0.2, 0.25) is 11.8 Å². The summed E-state index contributed by atoms with van der Waals surface area (Å²) in [4.78, 5) is 31.8. The van der Waals surface area contributed by atoms with Crippen LogP contribution in [0.4, 0.5) is 17.1 Å². The molecule has 1 aliphatic rings. The molecule has 0 spiro atoms. The molecule has 8 heteroatoms. The molecule has 0 unspecified atom stereocenters. The number of nitrogens with zero attached hydrogens (tertiary/aromatic N) is 3. The summed E-state index contributed by atoms with van der Waals surface area (Å²) in [6.07, 6.45) is 5.34. The molecule has 0 atom stereocenters. The fourth-order valence-corrected chi connectivity index (χ4v) is 5.31. The first kappa shape index (κ1) is 23.8. The minimum absolute atomic E-state index is 0. The number of rotatable bonds is 5. The first-order valence-corrected chi connectivity index (χ1v) is 12.4. The highest BCUT2D eigenvalue weighted by Gasteiger charge is 2.28. The molecule has 1 aliphatic heterocycles. The summed E-state index contributed by atoms with van der Waals surface area (Å²) in [5, 5.41) is 9.12. The molecule has 2 aromatic heterocycles. The Morgan fingerprint density at radius 2 is 1.72 bits per heavy atom. The van der Waals surface area contributed by atoms with Gasteiger partial charge >= 0.3 is 0 Å². The molecule has 3 aromatic carbocycles. The number of carbonyl (C=O) groups is 2. The van der Waals surface area contributed by atoms with Gasteiger partial charge in [-0.2, -0.15) is 11.3 Å². The Balaban J connectivity index is 0.00000267. The number of imidazole rings is 1. The molecule has 180 valence electrons. The van der Waals surface area contributed by atoms with E-state index >= 15 is 0 Å². The number of halogens is 1. The maximum atomic E-state index is 13.1. The number of carbonyl (C=O) groups excluding carboxylic acids is 2. The first-order valence-electron chi connectivity index (χ1n) is 11.5. The van der Waals surface area contributed by atoms with E-state index in [4.69, 9.17) is 0 Å². The van der Waals surface area contributed by atoms with Gasteiger partial charge in [-0.3, -0.25) is 14.5 Å². The van der Waals surface area contributed by atoms with E-state index in [1.807, 2.05) is 73.1 Å². The average molecular weight is 515 g/mol. The zero-order chi connectivity index (χ0) is 23.8. The molecule has 6 rings (SSSR count). The Kier molecular flexibility index (Phi) is 6.59. The Morgan fingerprint density at radius 3 is 2.53 bits per heavy atom. The Labute approximate surface area is 218 Å². The molecule has 0 saturated heterocycles. The van der Waals surface area contributed by atoms with Gasteiger partial charge in [-0.25, -0.2) is 4.98 Å². The zero-order valence-electron chi connectivity index (χ0n) is 19.3. The van der Waals surface area contributed by atoms with Crippen molar-refractivity contribution in [3.8, 4) is 5.69 Å².